The number of nitrogens with two attached hydrogens (primary N) is 2. The van der Waals surface area contributed by atoms with E-state index >= 15 is 0 Å². The molecule has 0 fully saturated rings. The number of carbonyl (C=O) groups excluding carboxylic acids is 2. The Labute approximate surface area is 147 Å². The maximum Gasteiger partial charge on any atom is 0.317 e. The molecule has 126 valence electrons. The summed E-state index contributed by atoms with van der Waals surface area (Å²) >= 11 is 2.98. The average Bonchev–Trinajstić information content (AvgIpc) is 2.90. The first-order valence-corrected chi connectivity index (χ1v) is 9.28. The van der Waals surface area contributed by atoms with Crippen LogP contribution in [0.1, 0.15) is 21.5 Å². The minimum absolute atomic E-state index is 0.344. The van der Waals surface area contributed by atoms with Crippen LogP contribution in [0.25, 0.3) is 10.4 Å². The number of benzene rings is 1. The summed E-state index contributed by atoms with van der Waals surface area (Å²) in [6.07, 6.45) is 3.49. The molecule has 24 heavy (non-hydrogen) atoms. The standard InChI is InChI=1S/C16H17N3O3S2/c1-22-9-5-6-10(23-2)7-3-4-8-12(14(17)20)15(19-16(18)21)24-13(8)11(7)9/h5-6H,3-4H2,1-2H3,(H2,17,20)(H3,18,19,21). The Balaban J connectivity index is 2.29. The normalized spacial score (nSPS) is 12.2. The Morgan fingerprint density at radius 3 is 2.54 bits per heavy atom. The van der Waals surface area contributed by atoms with Crippen molar-refractivity contribution in [2.75, 3.05) is 18.7 Å². The first-order valence-electron chi connectivity index (χ1n) is 7.24. The Morgan fingerprint density at radius 1 is 1.25 bits per heavy atom. The average molecular weight is 363 g/mol. The Bertz CT molecular complexity index is 846. The number of rotatable bonds is 4. The van der Waals surface area contributed by atoms with Crippen molar-refractivity contribution in [3.05, 3.63) is 28.8 Å². The quantitative estimate of drug-likeness (QED) is 0.726. The third kappa shape index (κ3) is 2.61. The van der Waals surface area contributed by atoms with Crippen LogP contribution in [0.15, 0.2) is 17.0 Å². The number of hydrogen-bond acceptors (Lipinski definition) is 5. The summed E-state index contributed by atoms with van der Waals surface area (Å²) in [6.45, 7) is 0. The zero-order chi connectivity index (χ0) is 17.4. The summed E-state index contributed by atoms with van der Waals surface area (Å²) in [5.74, 6) is 0.173. The number of methoxy groups -OCH3 is 1. The third-order valence-corrected chi connectivity index (χ3v) is 6.00. The van der Waals surface area contributed by atoms with E-state index in [1.165, 1.54) is 21.8 Å². The maximum absolute atomic E-state index is 11.9. The second kappa shape index (κ2) is 6.37. The van der Waals surface area contributed by atoms with Crippen molar-refractivity contribution in [3.8, 4) is 16.2 Å². The summed E-state index contributed by atoms with van der Waals surface area (Å²) < 4.78 is 5.53. The summed E-state index contributed by atoms with van der Waals surface area (Å²) in [7, 11) is 1.62. The molecule has 8 heteroatoms. The van der Waals surface area contributed by atoms with Gasteiger partial charge in [-0.15, -0.1) is 23.1 Å². The van der Waals surface area contributed by atoms with Gasteiger partial charge in [-0.25, -0.2) is 4.79 Å². The molecule has 0 bridgehead atoms. The zero-order valence-electron chi connectivity index (χ0n) is 13.3. The molecule has 0 spiro atoms. The third-order valence-electron chi connectivity index (χ3n) is 4.01. The fourth-order valence-electron chi connectivity index (χ4n) is 3.08. The molecular formula is C16H17N3O3S2. The molecule has 0 unspecified atom stereocenters. The van der Waals surface area contributed by atoms with E-state index in [0.717, 1.165) is 28.2 Å². The van der Waals surface area contributed by atoms with Gasteiger partial charge in [-0.2, -0.15) is 0 Å². The van der Waals surface area contributed by atoms with Crippen molar-refractivity contribution in [3.63, 3.8) is 0 Å². The number of nitrogens with one attached hydrogen (secondary N) is 1. The van der Waals surface area contributed by atoms with Crippen LogP contribution in [-0.4, -0.2) is 25.3 Å². The van der Waals surface area contributed by atoms with Gasteiger partial charge in [0.1, 0.15) is 10.8 Å². The molecule has 3 rings (SSSR count). The van der Waals surface area contributed by atoms with Crippen LogP contribution in [0.5, 0.6) is 5.75 Å². The van der Waals surface area contributed by atoms with Gasteiger partial charge in [-0.05, 0) is 42.4 Å². The largest absolute Gasteiger partial charge is 0.496 e. The number of hydrogen-bond donors (Lipinski definition) is 3. The van der Waals surface area contributed by atoms with Gasteiger partial charge in [0.2, 0.25) is 0 Å². The first-order chi connectivity index (χ1) is 11.5. The van der Waals surface area contributed by atoms with Gasteiger partial charge in [0.25, 0.3) is 5.91 Å². The molecule has 3 amide bonds. The SMILES string of the molecule is COc1ccc(SC)c2c1-c1sc(NC(N)=O)c(C(N)=O)c1CC2. The lowest BCUT2D eigenvalue weighted by atomic mass is 9.88. The number of carbonyl (C=O) groups is 2. The summed E-state index contributed by atoms with van der Waals surface area (Å²) in [5.41, 5.74) is 14.1. The van der Waals surface area contributed by atoms with Crippen LogP contribution >= 0.6 is 23.1 Å². The lowest BCUT2D eigenvalue weighted by Gasteiger charge is -2.22. The molecule has 5 N–H and O–H groups in total. The number of ether oxygens (including phenoxy) is 1. The molecule has 1 aliphatic carbocycles. The van der Waals surface area contributed by atoms with E-state index in [9.17, 15) is 9.59 Å². The number of amides is 3. The molecule has 2 aromatic rings. The van der Waals surface area contributed by atoms with E-state index in [4.69, 9.17) is 16.2 Å². The van der Waals surface area contributed by atoms with Crippen LogP contribution in [0.3, 0.4) is 0 Å². The molecule has 0 saturated heterocycles. The second-order valence-electron chi connectivity index (χ2n) is 5.29. The van der Waals surface area contributed by atoms with E-state index in [2.05, 4.69) is 5.32 Å². The van der Waals surface area contributed by atoms with Crippen molar-refractivity contribution in [1.29, 1.82) is 0 Å². The molecule has 6 nitrogen and oxygen atoms in total. The van der Waals surface area contributed by atoms with E-state index in [1.807, 2.05) is 18.4 Å². The highest BCUT2D eigenvalue weighted by molar-refractivity contribution is 7.98. The number of urea groups is 1. The van der Waals surface area contributed by atoms with Gasteiger partial charge in [0, 0.05) is 15.3 Å². The fourth-order valence-corrected chi connectivity index (χ4v) is 5.07. The smallest absolute Gasteiger partial charge is 0.317 e. The monoisotopic (exact) mass is 363 g/mol. The van der Waals surface area contributed by atoms with Gasteiger partial charge in [-0.3, -0.25) is 10.1 Å². The van der Waals surface area contributed by atoms with E-state index in [1.54, 1.807) is 18.9 Å². The molecule has 1 aromatic heterocycles. The maximum atomic E-state index is 11.9. The lowest BCUT2D eigenvalue weighted by Crippen LogP contribution is -2.22. The lowest BCUT2D eigenvalue weighted by molar-refractivity contribution is 0.100. The van der Waals surface area contributed by atoms with Crippen LogP contribution in [0.4, 0.5) is 9.80 Å². The number of thiophene rings is 1. The first kappa shape index (κ1) is 16.7. The molecule has 0 radical (unpaired) electrons. The predicted octanol–water partition coefficient (Wildman–Crippen LogP) is 2.83. The van der Waals surface area contributed by atoms with Crippen LogP contribution < -0.4 is 21.5 Å². The van der Waals surface area contributed by atoms with Gasteiger partial charge in [0.15, 0.2) is 0 Å². The Hall–Kier alpha value is -2.19. The van der Waals surface area contributed by atoms with Crippen molar-refractivity contribution < 1.29 is 14.3 Å². The molecule has 1 aromatic carbocycles. The minimum Gasteiger partial charge on any atom is -0.496 e. The number of fused-ring (bicyclic) bond motifs is 3. The topological polar surface area (TPSA) is 107 Å². The van der Waals surface area contributed by atoms with Gasteiger partial charge in [0.05, 0.1) is 12.7 Å². The highest BCUT2D eigenvalue weighted by atomic mass is 32.2. The molecule has 1 aliphatic rings. The number of anilines is 1. The van der Waals surface area contributed by atoms with Crippen molar-refractivity contribution in [1.82, 2.24) is 0 Å². The molecule has 0 aliphatic heterocycles. The van der Waals surface area contributed by atoms with Crippen LogP contribution in [0, 0.1) is 0 Å². The minimum atomic E-state index is -0.721. The molecule has 1 heterocycles. The van der Waals surface area contributed by atoms with E-state index in [-0.39, 0.29) is 0 Å². The molecular weight excluding hydrogens is 346 g/mol. The van der Waals surface area contributed by atoms with Crippen molar-refractivity contribution >= 4 is 40.0 Å². The van der Waals surface area contributed by atoms with Crippen LogP contribution in [0.2, 0.25) is 0 Å². The van der Waals surface area contributed by atoms with Crippen molar-refractivity contribution in [2.24, 2.45) is 11.5 Å². The van der Waals surface area contributed by atoms with Crippen molar-refractivity contribution in [2.45, 2.75) is 17.7 Å². The van der Waals surface area contributed by atoms with E-state index in [0.29, 0.717) is 17.0 Å². The van der Waals surface area contributed by atoms with E-state index < -0.39 is 11.9 Å². The molecule has 0 atom stereocenters. The van der Waals surface area contributed by atoms with Crippen LogP contribution in [-0.2, 0) is 12.8 Å². The highest BCUT2D eigenvalue weighted by Crippen LogP contribution is 2.50. The summed E-state index contributed by atoms with van der Waals surface area (Å²) in [4.78, 5) is 25.3. The Kier molecular flexibility index (Phi) is 4.42. The Morgan fingerprint density at radius 2 is 1.96 bits per heavy atom. The highest BCUT2D eigenvalue weighted by Gasteiger charge is 2.30. The summed E-state index contributed by atoms with van der Waals surface area (Å²) in [5, 5.41) is 2.91. The van der Waals surface area contributed by atoms with Gasteiger partial charge in [-0.1, -0.05) is 0 Å². The van der Waals surface area contributed by atoms with Gasteiger partial charge >= 0.3 is 6.03 Å². The fraction of sp³-hybridized carbons (Fsp3) is 0.250. The number of thioether (sulfide) groups is 1. The zero-order valence-corrected chi connectivity index (χ0v) is 14.9. The molecule has 0 saturated carbocycles. The van der Waals surface area contributed by atoms with Gasteiger partial charge < -0.3 is 16.2 Å². The number of primary amides is 2. The second-order valence-corrected chi connectivity index (χ2v) is 7.16. The summed E-state index contributed by atoms with van der Waals surface area (Å²) in [6, 6.07) is 3.24. The predicted molar refractivity (Wildman–Crippen MR) is 97.2 cm³/mol.